The van der Waals surface area contributed by atoms with Gasteiger partial charge in [0.05, 0.1) is 24.7 Å². The average Bonchev–Trinajstić information content (AvgIpc) is 2.72. The minimum Gasteiger partial charge on any atom is -0.496 e. The summed E-state index contributed by atoms with van der Waals surface area (Å²) in [5, 5.41) is 3.29. The third kappa shape index (κ3) is 4.85. The van der Waals surface area contributed by atoms with E-state index in [-0.39, 0.29) is 18.4 Å². The Balaban J connectivity index is 0.00000280. The number of piperazine rings is 1. The zero-order valence-corrected chi connectivity index (χ0v) is 17.8. The molecular weight excluding hydrogens is 400 g/mol. The molecule has 28 heavy (non-hydrogen) atoms. The maximum Gasteiger partial charge on any atom is 0.243 e. The first-order valence-corrected chi connectivity index (χ1v) is 10.5. The lowest BCUT2D eigenvalue weighted by Gasteiger charge is -2.36. The maximum absolute atomic E-state index is 13.3. The number of methoxy groups -OCH3 is 2. The van der Waals surface area contributed by atoms with Crippen LogP contribution in [-0.2, 0) is 21.2 Å². The Hall–Kier alpha value is -1.64. The topological polar surface area (TPSA) is 67.9 Å². The first-order chi connectivity index (χ1) is 13.1. The van der Waals surface area contributed by atoms with Crippen molar-refractivity contribution in [2.45, 2.75) is 17.4 Å². The molecule has 8 heteroatoms. The Morgan fingerprint density at radius 3 is 2.50 bits per heavy atom. The minimum atomic E-state index is -3.62. The third-order valence-corrected chi connectivity index (χ3v) is 6.74. The van der Waals surface area contributed by atoms with Crippen LogP contribution in [0.15, 0.2) is 53.4 Å². The summed E-state index contributed by atoms with van der Waals surface area (Å²) in [7, 11) is -0.357. The molecule has 1 N–H and O–H groups in total. The van der Waals surface area contributed by atoms with Crippen molar-refractivity contribution in [1.29, 1.82) is 0 Å². The summed E-state index contributed by atoms with van der Waals surface area (Å²) in [6.07, 6.45) is 0.758. The van der Waals surface area contributed by atoms with Crippen molar-refractivity contribution in [2.24, 2.45) is 0 Å². The summed E-state index contributed by atoms with van der Waals surface area (Å²) in [5.41, 5.74) is 1.92. The van der Waals surface area contributed by atoms with Crippen molar-refractivity contribution < 1.29 is 17.9 Å². The van der Waals surface area contributed by atoms with Crippen LogP contribution in [0.2, 0.25) is 0 Å². The largest absolute Gasteiger partial charge is 0.496 e. The predicted molar refractivity (Wildman–Crippen MR) is 112 cm³/mol. The lowest BCUT2D eigenvalue weighted by Crippen LogP contribution is -2.48. The van der Waals surface area contributed by atoms with Gasteiger partial charge in [0.25, 0.3) is 0 Å². The summed E-state index contributed by atoms with van der Waals surface area (Å²) in [6, 6.07) is 14.3. The molecule has 2 aromatic rings. The quantitative estimate of drug-likeness (QED) is 0.737. The second-order valence-electron chi connectivity index (χ2n) is 6.46. The Bertz CT molecular complexity index is 859. The van der Waals surface area contributed by atoms with Crippen molar-refractivity contribution in [3.8, 4) is 5.75 Å². The molecule has 1 atom stereocenters. The number of para-hydroxylation sites is 1. The van der Waals surface area contributed by atoms with Crippen molar-refractivity contribution in [3.05, 3.63) is 59.7 Å². The van der Waals surface area contributed by atoms with Gasteiger partial charge in [-0.15, -0.1) is 12.4 Å². The number of nitrogens with zero attached hydrogens (tertiary/aromatic N) is 1. The van der Waals surface area contributed by atoms with Gasteiger partial charge in [0.15, 0.2) is 0 Å². The van der Waals surface area contributed by atoms with Gasteiger partial charge < -0.3 is 14.8 Å². The number of hydrogen-bond donors (Lipinski definition) is 1. The van der Waals surface area contributed by atoms with Crippen LogP contribution in [0, 0.1) is 0 Å². The van der Waals surface area contributed by atoms with Gasteiger partial charge in [-0.3, -0.25) is 0 Å². The molecule has 0 spiro atoms. The molecule has 0 aromatic heterocycles. The third-order valence-electron chi connectivity index (χ3n) is 4.82. The smallest absolute Gasteiger partial charge is 0.243 e. The molecule has 1 fully saturated rings. The van der Waals surface area contributed by atoms with E-state index in [9.17, 15) is 8.42 Å². The Kier molecular flexibility index (Phi) is 8.27. The molecule has 0 bridgehead atoms. The zero-order chi connectivity index (χ0) is 19.3. The Labute approximate surface area is 173 Å². The van der Waals surface area contributed by atoms with Gasteiger partial charge >= 0.3 is 0 Å². The highest BCUT2D eigenvalue weighted by molar-refractivity contribution is 7.89. The monoisotopic (exact) mass is 426 g/mol. The van der Waals surface area contributed by atoms with Crippen LogP contribution in [-0.4, -0.2) is 53.2 Å². The number of halogens is 1. The lowest BCUT2D eigenvalue weighted by molar-refractivity contribution is 0.202. The normalized spacial score (nSPS) is 17.7. The van der Waals surface area contributed by atoms with Crippen LogP contribution < -0.4 is 10.1 Å². The minimum absolute atomic E-state index is 0. The van der Waals surface area contributed by atoms with Crippen LogP contribution in [0.3, 0.4) is 0 Å². The first kappa shape index (κ1) is 22.6. The molecule has 2 aromatic carbocycles. The van der Waals surface area contributed by atoms with E-state index in [2.05, 4.69) is 5.32 Å². The van der Waals surface area contributed by atoms with Crippen LogP contribution >= 0.6 is 12.4 Å². The second-order valence-corrected chi connectivity index (χ2v) is 8.35. The van der Waals surface area contributed by atoms with Gasteiger partial charge in [-0.05, 0) is 30.2 Å². The fraction of sp³-hybridized carbons (Fsp3) is 0.400. The Morgan fingerprint density at radius 2 is 1.82 bits per heavy atom. The summed E-state index contributed by atoms with van der Waals surface area (Å²) in [6.45, 7) is 2.19. The van der Waals surface area contributed by atoms with Crippen LogP contribution in [0.4, 0.5) is 0 Å². The molecule has 1 unspecified atom stereocenters. The van der Waals surface area contributed by atoms with Crippen LogP contribution in [0.25, 0.3) is 0 Å². The fourth-order valence-corrected chi connectivity index (χ4v) is 4.97. The molecule has 6 nitrogen and oxygen atoms in total. The summed E-state index contributed by atoms with van der Waals surface area (Å²) in [4.78, 5) is 0.311. The SMILES string of the molecule is COCCc1ccc(S(=O)(=O)N2CCNCC2c2ccccc2OC)cc1.Cl. The number of rotatable bonds is 7. The molecule has 1 heterocycles. The van der Waals surface area contributed by atoms with E-state index < -0.39 is 10.0 Å². The highest BCUT2D eigenvalue weighted by Gasteiger charge is 2.35. The van der Waals surface area contributed by atoms with Gasteiger partial charge in [-0.1, -0.05) is 30.3 Å². The van der Waals surface area contributed by atoms with E-state index in [4.69, 9.17) is 9.47 Å². The number of sulfonamides is 1. The lowest BCUT2D eigenvalue weighted by atomic mass is 10.0. The van der Waals surface area contributed by atoms with E-state index in [1.54, 1.807) is 30.7 Å². The zero-order valence-electron chi connectivity index (χ0n) is 16.1. The molecule has 1 saturated heterocycles. The molecule has 0 radical (unpaired) electrons. The van der Waals surface area contributed by atoms with Gasteiger partial charge in [-0.25, -0.2) is 8.42 Å². The predicted octanol–water partition coefficient (Wildman–Crippen LogP) is 2.64. The van der Waals surface area contributed by atoms with Crippen molar-refractivity contribution in [3.63, 3.8) is 0 Å². The van der Waals surface area contributed by atoms with E-state index >= 15 is 0 Å². The molecule has 0 saturated carbocycles. The van der Waals surface area contributed by atoms with Crippen molar-refractivity contribution in [2.75, 3.05) is 40.5 Å². The number of ether oxygens (including phenoxy) is 2. The van der Waals surface area contributed by atoms with Crippen molar-refractivity contribution >= 4 is 22.4 Å². The molecule has 3 rings (SSSR count). The number of benzene rings is 2. The van der Waals surface area contributed by atoms with E-state index in [0.717, 1.165) is 17.5 Å². The van der Waals surface area contributed by atoms with Gasteiger partial charge in [-0.2, -0.15) is 4.31 Å². The van der Waals surface area contributed by atoms with E-state index in [1.165, 1.54) is 0 Å². The average molecular weight is 427 g/mol. The maximum atomic E-state index is 13.3. The van der Waals surface area contributed by atoms with Gasteiger partial charge in [0.1, 0.15) is 5.75 Å². The summed E-state index contributed by atoms with van der Waals surface area (Å²) in [5.74, 6) is 0.696. The highest BCUT2D eigenvalue weighted by Crippen LogP contribution is 2.33. The molecule has 1 aliphatic rings. The van der Waals surface area contributed by atoms with E-state index in [0.29, 0.717) is 36.9 Å². The summed E-state index contributed by atoms with van der Waals surface area (Å²) < 4.78 is 38.8. The Morgan fingerprint density at radius 1 is 1.11 bits per heavy atom. The molecular formula is C20H27ClN2O4S. The number of hydrogen-bond acceptors (Lipinski definition) is 5. The van der Waals surface area contributed by atoms with Crippen LogP contribution in [0.1, 0.15) is 17.2 Å². The molecule has 0 aliphatic carbocycles. The van der Waals surface area contributed by atoms with Crippen molar-refractivity contribution in [1.82, 2.24) is 9.62 Å². The number of nitrogens with one attached hydrogen (secondary N) is 1. The fourth-order valence-electron chi connectivity index (χ4n) is 3.36. The van der Waals surface area contributed by atoms with Gasteiger partial charge in [0.2, 0.25) is 10.0 Å². The van der Waals surface area contributed by atoms with Gasteiger partial charge in [0, 0.05) is 32.3 Å². The summed E-state index contributed by atoms with van der Waals surface area (Å²) >= 11 is 0. The molecule has 154 valence electrons. The van der Waals surface area contributed by atoms with E-state index in [1.807, 2.05) is 36.4 Å². The second kappa shape index (κ2) is 10.2. The first-order valence-electron chi connectivity index (χ1n) is 9.01. The highest BCUT2D eigenvalue weighted by atomic mass is 35.5. The molecule has 1 aliphatic heterocycles. The molecule has 0 amide bonds. The van der Waals surface area contributed by atoms with Crippen LogP contribution in [0.5, 0.6) is 5.75 Å². The standard InChI is InChI=1S/C20H26N2O4S.ClH/c1-25-14-11-16-7-9-17(10-8-16)27(23,24)22-13-12-21-15-19(22)18-5-3-4-6-20(18)26-2;/h3-10,19,21H,11-15H2,1-2H3;1H.